The minimum Gasteiger partial charge on any atom is -0.0932 e. The zero-order chi connectivity index (χ0) is 11.6. The first-order valence-corrected chi connectivity index (χ1v) is 4.65. The number of nitrogens with zero attached hydrogens (tertiary/aromatic N) is 6. The van der Waals surface area contributed by atoms with Crippen LogP contribution in [0.1, 0.15) is 5.56 Å². The molecule has 0 aliphatic carbocycles. The molecule has 0 N–H and O–H groups in total. The van der Waals surface area contributed by atoms with Crippen LogP contribution in [0.4, 0.5) is 0 Å². The molecule has 6 nitrogen and oxygen atoms in total. The first-order chi connectivity index (χ1) is 7.86. The van der Waals surface area contributed by atoms with E-state index in [0.29, 0.717) is 0 Å². The van der Waals surface area contributed by atoms with Crippen molar-refractivity contribution in [3.63, 3.8) is 0 Å². The summed E-state index contributed by atoms with van der Waals surface area (Å²) in [7, 11) is 0. The van der Waals surface area contributed by atoms with E-state index >= 15 is 0 Å². The second-order valence-corrected chi connectivity index (χ2v) is 2.96. The second kappa shape index (κ2) is 6.95. The summed E-state index contributed by atoms with van der Waals surface area (Å²) in [6.45, 7) is 0.129. The third-order valence-electron chi connectivity index (χ3n) is 1.84. The van der Waals surface area contributed by atoms with E-state index in [2.05, 4.69) is 20.1 Å². The highest BCUT2D eigenvalue weighted by Crippen LogP contribution is 2.04. The summed E-state index contributed by atoms with van der Waals surface area (Å²) in [4.78, 5) is 5.31. The lowest BCUT2D eigenvalue weighted by Gasteiger charge is -1.99. The highest BCUT2D eigenvalue weighted by atomic mass is 15.2. The van der Waals surface area contributed by atoms with Crippen LogP contribution in [0.3, 0.4) is 0 Å². The monoisotopic (exact) mass is 214 g/mol. The smallest absolute Gasteiger partial charge is 0.0614 e. The highest BCUT2D eigenvalue weighted by Gasteiger charge is 1.98. The van der Waals surface area contributed by atoms with Crippen LogP contribution in [-0.4, -0.2) is 12.6 Å². The van der Waals surface area contributed by atoms with Gasteiger partial charge in [0.1, 0.15) is 0 Å². The lowest BCUT2D eigenvalue weighted by atomic mass is 10.2. The summed E-state index contributed by atoms with van der Waals surface area (Å²) in [6.07, 6.45) is 3.54. The molecule has 0 fully saturated rings. The van der Waals surface area contributed by atoms with Crippen molar-refractivity contribution in [2.45, 2.75) is 6.04 Å². The molecule has 0 spiro atoms. The lowest BCUT2D eigenvalue weighted by molar-refractivity contribution is 0.812. The van der Waals surface area contributed by atoms with Crippen molar-refractivity contribution in [3.05, 3.63) is 62.9 Å². The molecule has 0 saturated heterocycles. The first kappa shape index (κ1) is 11.7. The molecule has 0 saturated carbocycles. The van der Waals surface area contributed by atoms with Crippen LogP contribution in [0, 0.1) is 0 Å². The van der Waals surface area contributed by atoms with Crippen LogP contribution in [0.5, 0.6) is 0 Å². The Bertz CT molecular complexity index is 440. The molecule has 0 aliphatic heterocycles. The molecule has 6 heteroatoms. The maximum atomic E-state index is 8.32. The SMILES string of the molecule is [N-]=[N+]=NCC(C=Cc1ccccc1)N=[N+]=[N-]. The average Bonchev–Trinajstić information content (AvgIpc) is 2.34. The lowest BCUT2D eigenvalue weighted by Crippen LogP contribution is -2.02. The summed E-state index contributed by atoms with van der Waals surface area (Å²) in [5.74, 6) is 0. The van der Waals surface area contributed by atoms with Crippen LogP contribution in [-0.2, 0) is 0 Å². The van der Waals surface area contributed by atoms with E-state index in [9.17, 15) is 0 Å². The Labute approximate surface area is 92.5 Å². The molecule has 1 unspecified atom stereocenters. The van der Waals surface area contributed by atoms with E-state index in [1.165, 1.54) is 0 Å². The fraction of sp³-hybridized carbons (Fsp3) is 0.200. The zero-order valence-electron chi connectivity index (χ0n) is 8.51. The normalized spacial score (nSPS) is 11.5. The molecule has 16 heavy (non-hydrogen) atoms. The van der Waals surface area contributed by atoms with Crippen molar-refractivity contribution < 1.29 is 0 Å². The molecule has 0 aromatic heterocycles. The number of rotatable bonds is 5. The van der Waals surface area contributed by atoms with Gasteiger partial charge in [0.25, 0.3) is 0 Å². The number of azide groups is 2. The van der Waals surface area contributed by atoms with Gasteiger partial charge in [-0.25, -0.2) is 0 Å². The van der Waals surface area contributed by atoms with E-state index in [1.54, 1.807) is 6.08 Å². The van der Waals surface area contributed by atoms with Crippen LogP contribution < -0.4 is 0 Å². The molecule has 0 amide bonds. The minimum absolute atomic E-state index is 0.129. The average molecular weight is 214 g/mol. The summed E-state index contributed by atoms with van der Waals surface area (Å²) in [5, 5.41) is 6.87. The molecular formula is C10H10N6. The number of benzene rings is 1. The molecule has 0 radical (unpaired) electrons. The van der Waals surface area contributed by atoms with E-state index in [0.717, 1.165) is 5.56 Å². The highest BCUT2D eigenvalue weighted by molar-refractivity contribution is 5.49. The zero-order valence-corrected chi connectivity index (χ0v) is 8.51. The molecule has 1 aromatic rings. The Morgan fingerprint density at radius 1 is 1.19 bits per heavy atom. The van der Waals surface area contributed by atoms with Crippen molar-refractivity contribution in [1.29, 1.82) is 0 Å². The Balaban J connectivity index is 2.71. The van der Waals surface area contributed by atoms with Crippen LogP contribution >= 0.6 is 0 Å². The van der Waals surface area contributed by atoms with Gasteiger partial charge in [0.05, 0.1) is 6.04 Å². The predicted octanol–water partition coefficient (Wildman–Crippen LogP) is 3.69. The van der Waals surface area contributed by atoms with E-state index in [-0.39, 0.29) is 6.54 Å². The molecule has 1 rings (SSSR count). The van der Waals surface area contributed by atoms with Gasteiger partial charge in [-0.1, -0.05) is 52.7 Å². The van der Waals surface area contributed by atoms with Gasteiger partial charge in [0.2, 0.25) is 0 Å². The molecule has 80 valence electrons. The maximum Gasteiger partial charge on any atom is 0.0614 e. The van der Waals surface area contributed by atoms with E-state index < -0.39 is 6.04 Å². The number of hydrogen-bond donors (Lipinski definition) is 0. The Kier molecular flexibility index (Phi) is 5.06. The first-order valence-electron chi connectivity index (χ1n) is 4.65. The van der Waals surface area contributed by atoms with Gasteiger partial charge in [0.15, 0.2) is 0 Å². The van der Waals surface area contributed by atoms with Crippen molar-refractivity contribution >= 4 is 6.08 Å². The van der Waals surface area contributed by atoms with Gasteiger partial charge in [-0.2, -0.15) is 0 Å². The molecule has 1 aromatic carbocycles. The Morgan fingerprint density at radius 2 is 1.94 bits per heavy atom. The third-order valence-corrected chi connectivity index (χ3v) is 1.84. The van der Waals surface area contributed by atoms with Crippen molar-refractivity contribution in [1.82, 2.24) is 0 Å². The van der Waals surface area contributed by atoms with Crippen LogP contribution in [0.2, 0.25) is 0 Å². The largest absolute Gasteiger partial charge is 0.0932 e. The summed E-state index contributed by atoms with van der Waals surface area (Å²) < 4.78 is 0. The number of hydrogen-bond acceptors (Lipinski definition) is 2. The fourth-order valence-corrected chi connectivity index (χ4v) is 1.11. The van der Waals surface area contributed by atoms with Gasteiger partial charge < -0.3 is 0 Å². The van der Waals surface area contributed by atoms with Gasteiger partial charge in [-0.15, -0.1) is 0 Å². The molecule has 1 atom stereocenters. The quantitative estimate of drug-likeness (QED) is 0.405. The molecular weight excluding hydrogens is 204 g/mol. The van der Waals surface area contributed by atoms with Gasteiger partial charge in [0, 0.05) is 16.4 Å². The van der Waals surface area contributed by atoms with E-state index in [4.69, 9.17) is 11.1 Å². The standard InChI is InChI=1S/C10H10N6/c11-15-13-8-10(14-16-12)7-6-9-4-2-1-3-5-9/h1-7,10H,8H2. The summed E-state index contributed by atoms with van der Waals surface area (Å²) in [5.41, 5.74) is 17.5. The summed E-state index contributed by atoms with van der Waals surface area (Å²) >= 11 is 0. The van der Waals surface area contributed by atoms with Gasteiger partial charge in [-0.3, -0.25) is 0 Å². The molecule has 0 bridgehead atoms. The minimum atomic E-state index is -0.443. The predicted molar refractivity (Wildman–Crippen MR) is 62.4 cm³/mol. The van der Waals surface area contributed by atoms with Gasteiger partial charge >= 0.3 is 0 Å². The maximum absolute atomic E-state index is 8.32. The van der Waals surface area contributed by atoms with Gasteiger partial charge in [-0.05, 0) is 16.6 Å². The second-order valence-electron chi connectivity index (χ2n) is 2.96. The van der Waals surface area contributed by atoms with E-state index in [1.807, 2.05) is 36.4 Å². The Hall–Kier alpha value is -2.42. The van der Waals surface area contributed by atoms with Crippen molar-refractivity contribution in [2.75, 3.05) is 6.54 Å². The fourth-order valence-electron chi connectivity index (χ4n) is 1.11. The van der Waals surface area contributed by atoms with Crippen LogP contribution in [0.25, 0.3) is 27.0 Å². The molecule has 0 aliphatic rings. The topological polar surface area (TPSA) is 97.5 Å². The Morgan fingerprint density at radius 3 is 2.56 bits per heavy atom. The van der Waals surface area contributed by atoms with Crippen molar-refractivity contribution in [3.8, 4) is 0 Å². The van der Waals surface area contributed by atoms with Crippen LogP contribution in [0.15, 0.2) is 46.6 Å². The van der Waals surface area contributed by atoms with Crippen molar-refractivity contribution in [2.24, 2.45) is 10.2 Å². The molecule has 0 heterocycles. The third kappa shape index (κ3) is 4.19. The summed E-state index contributed by atoms with van der Waals surface area (Å²) in [6, 6.07) is 9.16.